The summed E-state index contributed by atoms with van der Waals surface area (Å²) in [5, 5.41) is 2.62. The van der Waals surface area contributed by atoms with Crippen molar-refractivity contribution in [2.24, 2.45) is 0 Å². The first-order valence-corrected chi connectivity index (χ1v) is 8.38. The largest absolute Gasteiger partial charge is 0.468 e. The van der Waals surface area contributed by atoms with Crippen molar-refractivity contribution in [3.8, 4) is 0 Å². The number of amides is 1. The van der Waals surface area contributed by atoms with Gasteiger partial charge in [0, 0.05) is 0 Å². The van der Waals surface area contributed by atoms with Gasteiger partial charge >= 0.3 is 12.1 Å². The maximum atomic E-state index is 12.8. The number of fused-ring (bicyclic) bond motifs is 2. The Bertz CT molecular complexity index is 997. The molecule has 4 rings (SSSR count). The number of rotatable bonds is 3. The van der Waals surface area contributed by atoms with Crippen molar-refractivity contribution >= 4 is 22.7 Å². The van der Waals surface area contributed by atoms with E-state index in [4.69, 9.17) is 9.15 Å². The van der Waals surface area contributed by atoms with Crippen molar-refractivity contribution in [3.05, 3.63) is 59.5 Å². The molecule has 2 aromatic carbocycles. The number of carbonyl (C=O) groups is 1. The molecule has 1 aromatic heterocycles. The fraction of sp³-hybridized carbons (Fsp3) is 0.263. The topological polar surface area (TPSA) is 64.4 Å². The molecule has 5 nitrogen and oxygen atoms in total. The first-order chi connectivity index (χ1) is 12.9. The van der Waals surface area contributed by atoms with Crippen molar-refractivity contribution in [2.45, 2.75) is 25.1 Å². The van der Waals surface area contributed by atoms with Gasteiger partial charge in [0.05, 0.1) is 24.8 Å². The van der Waals surface area contributed by atoms with E-state index in [1.165, 1.54) is 18.2 Å². The highest BCUT2D eigenvalue weighted by Crippen LogP contribution is 2.34. The van der Waals surface area contributed by atoms with E-state index >= 15 is 0 Å². The highest BCUT2D eigenvalue weighted by atomic mass is 19.4. The Morgan fingerprint density at radius 3 is 2.81 bits per heavy atom. The second-order valence-corrected chi connectivity index (χ2v) is 6.23. The van der Waals surface area contributed by atoms with Crippen LogP contribution >= 0.6 is 0 Å². The summed E-state index contributed by atoms with van der Waals surface area (Å²) in [7, 11) is 0. The van der Waals surface area contributed by atoms with Gasteiger partial charge in [-0.2, -0.15) is 13.2 Å². The zero-order chi connectivity index (χ0) is 19.0. The second-order valence-electron chi connectivity index (χ2n) is 6.23. The Morgan fingerprint density at radius 2 is 2.00 bits per heavy atom. The number of hydrogen-bond acceptors (Lipinski definition) is 4. The summed E-state index contributed by atoms with van der Waals surface area (Å²) >= 11 is 0. The quantitative estimate of drug-likeness (QED) is 0.732. The molecule has 1 aliphatic heterocycles. The van der Waals surface area contributed by atoms with E-state index in [0.717, 1.165) is 17.5 Å². The predicted molar refractivity (Wildman–Crippen MR) is 91.1 cm³/mol. The van der Waals surface area contributed by atoms with Crippen molar-refractivity contribution in [2.75, 3.05) is 11.9 Å². The van der Waals surface area contributed by atoms with Gasteiger partial charge in [0.1, 0.15) is 5.52 Å². The lowest BCUT2D eigenvalue weighted by Crippen LogP contribution is -2.22. The van der Waals surface area contributed by atoms with Crippen molar-refractivity contribution in [1.29, 1.82) is 0 Å². The van der Waals surface area contributed by atoms with Gasteiger partial charge in [0.25, 0.3) is 0 Å². The molecular formula is C19H15F3N2O3. The minimum absolute atomic E-state index is 0.0388. The SMILES string of the molecule is O=C(CC1OCCc2ccccc21)Nc1cccc2oc(C(F)(F)F)nc12. The minimum atomic E-state index is -4.69. The van der Waals surface area contributed by atoms with Crippen LogP contribution in [0.2, 0.25) is 0 Å². The molecule has 0 saturated carbocycles. The van der Waals surface area contributed by atoms with Gasteiger partial charge in [0.2, 0.25) is 5.91 Å². The summed E-state index contributed by atoms with van der Waals surface area (Å²) in [6, 6.07) is 12.1. The van der Waals surface area contributed by atoms with Crippen LogP contribution in [0.1, 0.15) is 29.5 Å². The van der Waals surface area contributed by atoms with Crippen molar-refractivity contribution in [1.82, 2.24) is 4.98 Å². The van der Waals surface area contributed by atoms with Crippen LogP contribution in [0.4, 0.5) is 18.9 Å². The number of carbonyl (C=O) groups excluding carboxylic acids is 1. The van der Waals surface area contributed by atoms with Crippen LogP contribution in [0.3, 0.4) is 0 Å². The molecule has 1 unspecified atom stereocenters. The van der Waals surface area contributed by atoms with Gasteiger partial charge in [-0.3, -0.25) is 4.79 Å². The lowest BCUT2D eigenvalue weighted by molar-refractivity contribution is -0.156. The highest BCUT2D eigenvalue weighted by Gasteiger charge is 2.38. The lowest BCUT2D eigenvalue weighted by atomic mass is 9.95. The number of aromatic nitrogens is 1. The standard InChI is InChI=1S/C19H15F3N2O3/c20-19(21,22)18-24-17-13(6-3-7-14(17)27-18)23-16(25)10-15-12-5-2-1-4-11(12)8-9-26-15/h1-7,15H,8-10H2,(H,23,25). The van der Waals surface area contributed by atoms with Crippen LogP contribution < -0.4 is 5.32 Å². The molecule has 8 heteroatoms. The van der Waals surface area contributed by atoms with Gasteiger partial charge in [-0.1, -0.05) is 30.3 Å². The normalized spacial score (nSPS) is 16.9. The summed E-state index contributed by atoms with van der Waals surface area (Å²) < 4.78 is 48.9. The van der Waals surface area contributed by atoms with Gasteiger partial charge in [-0.25, -0.2) is 4.98 Å². The van der Waals surface area contributed by atoms with Gasteiger partial charge in [0.15, 0.2) is 5.58 Å². The third kappa shape index (κ3) is 3.52. The van der Waals surface area contributed by atoms with Gasteiger partial charge in [-0.15, -0.1) is 0 Å². The van der Waals surface area contributed by atoms with Crippen LogP contribution in [0, 0.1) is 0 Å². The number of para-hydroxylation sites is 1. The molecular weight excluding hydrogens is 361 g/mol. The van der Waals surface area contributed by atoms with Gasteiger partial charge in [-0.05, 0) is 29.7 Å². The predicted octanol–water partition coefficient (Wildman–Crippen LogP) is 4.49. The van der Waals surface area contributed by atoms with E-state index in [1.807, 2.05) is 24.3 Å². The van der Waals surface area contributed by atoms with E-state index in [-0.39, 0.29) is 29.1 Å². The molecule has 1 amide bonds. The molecule has 0 spiro atoms. The molecule has 0 bridgehead atoms. The van der Waals surface area contributed by atoms with Crippen molar-refractivity contribution < 1.29 is 27.1 Å². The molecule has 0 fully saturated rings. The second kappa shape index (κ2) is 6.70. The number of anilines is 1. The molecule has 0 radical (unpaired) electrons. The number of ether oxygens (including phenoxy) is 1. The molecule has 3 aromatic rings. The summed E-state index contributed by atoms with van der Waals surface area (Å²) in [6.45, 7) is 0.517. The highest BCUT2D eigenvalue weighted by molar-refractivity contribution is 5.99. The number of nitrogens with one attached hydrogen (secondary N) is 1. The fourth-order valence-electron chi connectivity index (χ4n) is 3.19. The average Bonchev–Trinajstić information content (AvgIpc) is 3.08. The van der Waals surface area contributed by atoms with Crippen LogP contribution in [0.15, 0.2) is 46.9 Å². The summed E-state index contributed by atoms with van der Waals surface area (Å²) in [6.07, 6.45) is -4.25. The Balaban J connectivity index is 1.55. The number of oxazole rings is 1. The molecule has 2 heterocycles. The minimum Gasteiger partial charge on any atom is -0.433 e. The Morgan fingerprint density at radius 1 is 1.19 bits per heavy atom. The summed E-state index contributed by atoms with van der Waals surface area (Å²) in [5.74, 6) is -1.72. The molecule has 140 valence electrons. The summed E-state index contributed by atoms with van der Waals surface area (Å²) in [5.41, 5.74) is 2.18. The first-order valence-electron chi connectivity index (χ1n) is 8.38. The average molecular weight is 376 g/mol. The van der Waals surface area contributed by atoms with E-state index in [1.54, 1.807) is 0 Å². The summed E-state index contributed by atoms with van der Waals surface area (Å²) in [4.78, 5) is 15.9. The van der Waals surface area contributed by atoms with E-state index in [9.17, 15) is 18.0 Å². The molecule has 0 aliphatic carbocycles. The number of halogens is 3. The molecule has 1 aliphatic rings. The third-order valence-corrected chi connectivity index (χ3v) is 4.40. The number of nitrogens with zero attached hydrogens (tertiary/aromatic N) is 1. The monoisotopic (exact) mass is 376 g/mol. The molecule has 1 N–H and O–H groups in total. The Kier molecular flexibility index (Phi) is 4.35. The van der Waals surface area contributed by atoms with E-state index < -0.39 is 18.2 Å². The van der Waals surface area contributed by atoms with Crippen LogP contribution in [-0.2, 0) is 22.1 Å². The first kappa shape index (κ1) is 17.5. The number of benzene rings is 2. The fourth-order valence-corrected chi connectivity index (χ4v) is 3.19. The van der Waals surface area contributed by atoms with Crippen LogP contribution in [-0.4, -0.2) is 17.5 Å². The maximum Gasteiger partial charge on any atom is 0.468 e. The number of alkyl halides is 3. The maximum absolute atomic E-state index is 12.8. The zero-order valence-corrected chi connectivity index (χ0v) is 14.0. The van der Waals surface area contributed by atoms with Crippen LogP contribution in [0.5, 0.6) is 0 Å². The van der Waals surface area contributed by atoms with Gasteiger partial charge < -0.3 is 14.5 Å². The molecule has 0 saturated heterocycles. The lowest BCUT2D eigenvalue weighted by Gasteiger charge is -2.25. The van der Waals surface area contributed by atoms with E-state index in [2.05, 4.69) is 10.3 Å². The van der Waals surface area contributed by atoms with E-state index in [0.29, 0.717) is 6.61 Å². The van der Waals surface area contributed by atoms with Crippen LogP contribution in [0.25, 0.3) is 11.1 Å². The Hall–Kier alpha value is -2.87. The Labute approximate surface area is 152 Å². The molecule has 27 heavy (non-hydrogen) atoms. The molecule has 1 atom stereocenters. The third-order valence-electron chi connectivity index (χ3n) is 4.40. The zero-order valence-electron chi connectivity index (χ0n) is 14.0. The number of hydrogen-bond donors (Lipinski definition) is 1. The van der Waals surface area contributed by atoms with Crippen molar-refractivity contribution in [3.63, 3.8) is 0 Å². The smallest absolute Gasteiger partial charge is 0.433 e.